The van der Waals surface area contributed by atoms with Crippen LogP contribution in [0.1, 0.15) is 25.5 Å². The van der Waals surface area contributed by atoms with E-state index in [1.165, 1.54) is 17.2 Å². The van der Waals surface area contributed by atoms with Gasteiger partial charge in [0.2, 0.25) is 12.3 Å². The average Bonchev–Trinajstić information content (AvgIpc) is 3.61. The summed E-state index contributed by atoms with van der Waals surface area (Å²) in [4.78, 5) is 42.4. The maximum atomic E-state index is 12.0. The molecular weight excluding hydrogens is 669 g/mol. The fourth-order valence-electron chi connectivity index (χ4n) is 4.78. The number of rotatable bonds is 20. The van der Waals surface area contributed by atoms with Crippen molar-refractivity contribution in [3.8, 4) is 0 Å². The lowest BCUT2D eigenvalue weighted by molar-refractivity contribution is -0.275. The van der Waals surface area contributed by atoms with Crippen LogP contribution in [0, 0.1) is 0 Å². The number of carbonyl (C=O) groups is 1. The van der Waals surface area contributed by atoms with E-state index < -0.39 is 70.4 Å². The van der Waals surface area contributed by atoms with Gasteiger partial charge in [0.05, 0.1) is 46.0 Å². The molecule has 6 unspecified atom stereocenters. The zero-order valence-electron chi connectivity index (χ0n) is 25.7. The molecule has 23 heteroatoms. The lowest BCUT2D eigenvalue weighted by Gasteiger charge is -2.36. The molecule has 2 aromatic heterocycles. The molecule has 0 bridgehead atoms. The molecule has 2 aliphatic rings. The van der Waals surface area contributed by atoms with Crippen molar-refractivity contribution in [3.05, 3.63) is 12.7 Å². The van der Waals surface area contributed by atoms with E-state index in [2.05, 4.69) is 30.1 Å². The summed E-state index contributed by atoms with van der Waals surface area (Å²) in [6.07, 6.45) is -5.30. The van der Waals surface area contributed by atoms with Crippen LogP contribution in [-0.2, 0) is 42.3 Å². The second-order valence-electron chi connectivity index (χ2n) is 10.7. The number of phosphoric ester groups is 1. The van der Waals surface area contributed by atoms with E-state index in [4.69, 9.17) is 43.9 Å². The van der Waals surface area contributed by atoms with Gasteiger partial charge in [0.25, 0.3) is 0 Å². The van der Waals surface area contributed by atoms with E-state index in [0.29, 0.717) is 12.8 Å². The van der Waals surface area contributed by atoms with Crippen molar-refractivity contribution in [1.29, 1.82) is 0 Å². The molecule has 0 spiro atoms. The summed E-state index contributed by atoms with van der Waals surface area (Å²) in [7, 11) is -4.83. The van der Waals surface area contributed by atoms with Crippen LogP contribution in [0.25, 0.3) is 11.2 Å². The first kappa shape index (κ1) is 38.3. The lowest BCUT2D eigenvalue weighted by atomic mass is 10.1. The quantitative estimate of drug-likeness (QED) is 0.0364. The Labute approximate surface area is 273 Å². The van der Waals surface area contributed by atoms with Crippen molar-refractivity contribution < 1.29 is 72.5 Å². The molecule has 0 radical (unpaired) electrons. The fourth-order valence-corrected chi connectivity index (χ4v) is 5.12. The first-order valence-corrected chi connectivity index (χ1v) is 16.5. The normalized spacial score (nSPS) is 27.9. The predicted octanol–water partition coefficient (Wildman–Crippen LogP) is -3.60. The van der Waals surface area contributed by atoms with Crippen LogP contribution in [0.5, 0.6) is 0 Å². The van der Waals surface area contributed by atoms with E-state index in [1.807, 2.05) is 0 Å². The zero-order valence-corrected chi connectivity index (χ0v) is 26.6. The maximum Gasteiger partial charge on any atom is 0.469 e. The van der Waals surface area contributed by atoms with E-state index in [0.717, 1.165) is 0 Å². The Morgan fingerprint density at radius 2 is 1.81 bits per heavy atom. The number of imidazole rings is 1. The largest absolute Gasteiger partial charge is 0.469 e. The summed E-state index contributed by atoms with van der Waals surface area (Å²) >= 11 is 0. The van der Waals surface area contributed by atoms with Crippen molar-refractivity contribution in [3.63, 3.8) is 0 Å². The molecule has 1 amide bonds. The monoisotopic (exact) mass is 711 g/mol. The minimum Gasteiger partial charge on any atom is -0.394 e. The SMILES string of the molecule is Nc1ncnc2c1ncn2C1OC(COP(=O)(O)O)[C@@H](O)[C@H]1OCOCCOCCNC(=O)CCCCOC1NC(O)C(O)C(CO)O1. The highest BCUT2D eigenvalue weighted by Crippen LogP contribution is 2.39. The minimum absolute atomic E-state index is 0.111. The van der Waals surface area contributed by atoms with Gasteiger partial charge >= 0.3 is 7.82 Å². The van der Waals surface area contributed by atoms with Crippen LogP contribution < -0.4 is 16.4 Å². The molecule has 4 heterocycles. The third-order valence-electron chi connectivity index (χ3n) is 7.22. The van der Waals surface area contributed by atoms with Gasteiger partial charge in [-0.2, -0.15) is 0 Å². The summed E-state index contributed by atoms with van der Waals surface area (Å²) in [6.45, 7) is -0.394. The molecule has 8 atom stereocenters. The Bertz CT molecular complexity index is 1340. The number of ether oxygens (including phenoxy) is 6. The number of nitrogens with one attached hydrogen (secondary N) is 2. The van der Waals surface area contributed by atoms with Gasteiger partial charge in [-0.15, -0.1) is 0 Å². The van der Waals surface area contributed by atoms with Crippen molar-refractivity contribution in [2.45, 2.75) is 68.7 Å². The van der Waals surface area contributed by atoms with Gasteiger partial charge in [0.15, 0.2) is 17.7 Å². The van der Waals surface area contributed by atoms with Gasteiger partial charge in [-0.3, -0.25) is 13.9 Å². The molecule has 272 valence electrons. The average molecular weight is 712 g/mol. The number of amides is 1. The van der Waals surface area contributed by atoms with E-state index in [-0.39, 0.29) is 69.1 Å². The number of nitrogens with two attached hydrogens (primary N) is 1. The Kier molecular flexibility index (Phi) is 14.7. The van der Waals surface area contributed by atoms with Crippen LogP contribution in [0.15, 0.2) is 12.7 Å². The molecule has 48 heavy (non-hydrogen) atoms. The number of fused-ring (bicyclic) bond motifs is 1. The highest BCUT2D eigenvalue weighted by Gasteiger charge is 2.47. The molecule has 2 saturated heterocycles. The number of nitrogens with zero attached hydrogens (tertiary/aromatic N) is 4. The van der Waals surface area contributed by atoms with Gasteiger partial charge in [-0.05, 0) is 12.8 Å². The third-order valence-corrected chi connectivity index (χ3v) is 7.71. The Morgan fingerprint density at radius 3 is 2.58 bits per heavy atom. The zero-order chi connectivity index (χ0) is 34.7. The van der Waals surface area contributed by atoms with Gasteiger partial charge in [-0.1, -0.05) is 0 Å². The molecular formula is C25H42N7O15P. The number of carbonyl (C=O) groups excluding carboxylic acids is 1. The summed E-state index contributed by atoms with van der Waals surface area (Å²) in [5.41, 5.74) is 6.42. The standard InChI is InChI=1S/C25H42N7O15P/c26-21-17-22(29-11-28-21)32(12-30-17)24-20(18(35)15(46-24)10-45-48(38,39)40)44-13-42-8-7-41-6-4-27-16(34)3-1-2-5-43-25-31-23(37)19(36)14(9-33)47-25/h11-12,14-15,18-20,23-25,31,33,35-37H,1-10,13H2,(H,27,34)(H2,26,28,29)(H2,38,39,40)/t14?,15?,18-,19?,20-,23?,24?,25?/m1/s1. The lowest BCUT2D eigenvalue weighted by Crippen LogP contribution is -2.60. The van der Waals surface area contributed by atoms with Crippen LogP contribution >= 0.6 is 7.82 Å². The van der Waals surface area contributed by atoms with Gasteiger partial charge < -0.3 is 69.7 Å². The number of hydrogen-bond acceptors (Lipinski definition) is 18. The molecule has 2 aliphatic heterocycles. The molecule has 0 aliphatic carbocycles. The molecule has 2 fully saturated rings. The number of hydrogen-bond donors (Lipinski definition) is 9. The molecule has 22 nitrogen and oxygen atoms in total. The van der Waals surface area contributed by atoms with Crippen molar-refractivity contribution >= 4 is 30.7 Å². The van der Waals surface area contributed by atoms with E-state index in [9.17, 15) is 29.8 Å². The summed E-state index contributed by atoms with van der Waals surface area (Å²) in [5.74, 6) is -0.0571. The maximum absolute atomic E-state index is 12.0. The molecule has 0 aromatic carbocycles. The smallest absolute Gasteiger partial charge is 0.394 e. The number of aromatic nitrogens is 4. The summed E-state index contributed by atoms with van der Waals surface area (Å²) in [6, 6.07) is 0. The third kappa shape index (κ3) is 11.0. The van der Waals surface area contributed by atoms with Crippen LogP contribution in [-0.4, -0.2) is 152 Å². The molecule has 2 aromatic rings. The van der Waals surface area contributed by atoms with E-state index in [1.54, 1.807) is 0 Å². The fraction of sp³-hybridized carbons (Fsp3) is 0.760. The highest BCUT2D eigenvalue weighted by molar-refractivity contribution is 7.46. The Balaban J connectivity index is 1.08. The minimum atomic E-state index is -4.83. The second-order valence-corrected chi connectivity index (χ2v) is 11.9. The summed E-state index contributed by atoms with van der Waals surface area (Å²) in [5, 5.41) is 44.6. The van der Waals surface area contributed by atoms with Gasteiger partial charge in [0, 0.05) is 13.0 Å². The molecule has 4 rings (SSSR count). The Morgan fingerprint density at radius 1 is 1.02 bits per heavy atom. The van der Waals surface area contributed by atoms with Gasteiger partial charge in [0.1, 0.15) is 55.4 Å². The van der Waals surface area contributed by atoms with Crippen molar-refractivity contribution in [2.24, 2.45) is 0 Å². The molecule has 0 saturated carbocycles. The van der Waals surface area contributed by atoms with Crippen molar-refractivity contribution in [2.75, 3.05) is 58.7 Å². The highest BCUT2D eigenvalue weighted by atomic mass is 31.2. The van der Waals surface area contributed by atoms with E-state index >= 15 is 0 Å². The number of aliphatic hydroxyl groups is 4. The summed E-state index contributed by atoms with van der Waals surface area (Å²) < 4.78 is 50.3. The molecule has 10 N–H and O–H groups in total. The number of phosphoric acid groups is 1. The number of unbranched alkanes of at least 4 members (excludes halogenated alkanes) is 1. The first-order chi connectivity index (χ1) is 23.0. The van der Waals surface area contributed by atoms with Crippen LogP contribution in [0.3, 0.4) is 0 Å². The number of aliphatic hydroxyl groups excluding tert-OH is 4. The predicted molar refractivity (Wildman–Crippen MR) is 158 cm³/mol. The first-order valence-electron chi connectivity index (χ1n) is 15.0. The Hall–Kier alpha value is -2.51. The second kappa shape index (κ2) is 18.5. The topological polar surface area (TPSA) is 314 Å². The van der Waals surface area contributed by atoms with Gasteiger partial charge in [-0.25, -0.2) is 24.8 Å². The van der Waals surface area contributed by atoms with Crippen LogP contribution in [0.2, 0.25) is 0 Å². The number of anilines is 1. The number of nitrogen functional groups attached to an aromatic ring is 1. The van der Waals surface area contributed by atoms with Crippen LogP contribution in [0.4, 0.5) is 5.82 Å². The van der Waals surface area contributed by atoms with Crippen molar-refractivity contribution in [1.82, 2.24) is 30.2 Å².